The number of carboxylic acids is 1. The van der Waals surface area contributed by atoms with Crippen molar-refractivity contribution in [2.24, 2.45) is 7.05 Å². The third kappa shape index (κ3) is 6.44. The number of carboxylic acid groups (broad SMARTS) is 1. The maximum absolute atomic E-state index is 15.0. The van der Waals surface area contributed by atoms with Crippen LogP contribution in [-0.2, 0) is 28.3 Å². The molecule has 5 aromatic rings. The number of nitrogens with one attached hydrogen (secondary N) is 2. The topological polar surface area (TPSA) is 179 Å². The molecule has 0 fully saturated rings. The van der Waals surface area contributed by atoms with Crippen molar-refractivity contribution < 1.29 is 36.6 Å². The summed E-state index contributed by atoms with van der Waals surface area (Å²) in [5.41, 5.74) is -2.01. The van der Waals surface area contributed by atoms with Gasteiger partial charge in [-0.2, -0.15) is 0 Å². The van der Waals surface area contributed by atoms with Crippen LogP contribution in [0.1, 0.15) is 15.9 Å². The number of benzene rings is 3. The van der Waals surface area contributed by atoms with Gasteiger partial charge in [-0.05, 0) is 48.0 Å². The molecule has 0 aliphatic rings. The van der Waals surface area contributed by atoms with Crippen LogP contribution in [0.5, 0.6) is 5.75 Å². The van der Waals surface area contributed by atoms with E-state index >= 15 is 0 Å². The molecule has 47 heavy (non-hydrogen) atoms. The first-order valence-corrected chi connectivity index (χ1v) is 15.1. The summed E-state index contributed by atoms with van der Waals surface area (Å²) < 4.78 is 64.8. The number of aryl methyl sites for hydroxylation is 1. The maximum atomic E-state index is 15.0. The van der Waals surface area contributed by atoms with Gasteiger partial charge in [-0.15, -0.1) is 0 Å². The van der Waals surface area contributed by atoms with Gasteiger partial charge in [-0.25, -0.2) is 31.4 Å². The number of aliphatic carboxylic acids is 1. The van der Waals surface area contributed by atoms with Crippen LogP contribution in [0.25, 0.3) is 16.6 Å². The predicted octanol–water partition coefficient (Wildman–Crippen LogP) is 2.60. The Morgan fingerprint density at radius 3 is 2.32 bits per heavy atom. The molecular formula is C31H25F2N5O8S. The third-order valence-corrected chi connectivity index (χ3v) is 8.61. The highest BCUT2D eigenvalue weighted by Gasteiger charge is 2.27. The largest absolute Gasteiger partial charge is 0.495 e. The van der Waals surface area contributed by atoms with Gasteiger partial charge < -0.3 is 15.2 Å². The molecule has 2 heterocycles. The Kier molecular flexibility index (Phi) is 8.88. The number of sulfonamides is 1. The van der Waals surface area contributed by atoms with Crippen molar-refractivity contribution in [3.05, 3.63) is 123 Å². The molecule has 3 N–H and O–H groups in total. The molecule has 0 spiro atoms. The third-order valence-electron chi connectivity index (χ3n) is 7.19. The molecule has 5 rings (SSSR count). The molecule has 1 amide bonds. The summed E-state index contributed by atoms with van der Waals surface area (Å²) in [5.74, 6) is -5.84. The van der Waals surface area contributed by atoms with E-state index in [1.54, 1.807) is 0 Å². The number of hydrogen-bond acceptors (Lipinski definition) is 8. The highest BCUT2D eigenvalue weighted by molar-refractivity contribution is 7.92. The Hall–Kier alpha value is -5.90. The SMILES string of the molecule is COc1ccccc1S(=O)(=O)Nc1cc(F)c(C(=O)N[C@@H](Cc2ccc(-n3c(=O)c4ccncc4n(C)c3=O)cc2)C(=O)O)c(F)c1. The average Bonchev–Trinajstić information content (AvgIpc) is 3.03. The molecule has 0 aliphatic carbocycles. The molecule has 3 aromatic carbocycles. The summed E-state index contributed by atoms with van der Waals surface area (Å²) in [6, 6.07) is 12.2. The van der Waals surface area contributed by atoms with Gasteiger partial charge in [-0.3, -0.25) is 23.9 Å². The number of fused-ring (bicyclic) bond motifs is 1. The summed E-state index contributed by atoms with van der Waals surface area (Å²) in [6.07, 6.45) is 2.47. The molecule has 0 unspecified atom stereocenters. The Morgan fingerprint density at radius 2 is 1.68 bits per heavy atom. The molecule has 13 nitrogen and oxygen atoms in total. The lowest BCUT2D eigenvalue weighted by Gasteiger charge is -2.17. The normalized spacial score (nSPS) is 12.0. The fraction of sp³-hybridized carbons (Fsp3) is 0.129. The quantitative estimate of drug-likeness (QED) is 0.202. The maximum Gasteiger partial charge on any atom is 0.335 e. The van der Waals surface area contributed by atoms with Crippen LogP contribution in [0.2, 0.25) is 0 Å². The lowest BCUT2D eigenvalue weighted by Crippen LogP contribution is -2.43. The summed E-state index contributed by atoms with van der Waals surface area (Å²) >= 11 is 0. The van der Waals surface area contributed by atoms with Crippen molar-refractivity contribution in [3.8, 4) is 11.4 Å². The smallest absolute Gasteiger partial charge is 0.335 e. The van der Waals surface area contributed by atoms with Gasteiger partial charge in [0.15, 0.2) is 0 Å². The molecule has 0 aliphatic heterocycles. The fourth-order valence-electron chi connectivity index (χ4n) is 4.87. The van der Waals surface area contributed by atoms with Crippen LogP contribution in [0.15, 0.2) is 93.6 Å². The first-order valence-electron chi connectivity index (χ1n) is 13.7. The second-order valence-electron chi connectivity index (χ2n) is 10.2. The van der Waals surface area contributed by atoms with Gasteiger partial charge in [0.1, 0.15) is 33.9 Å². The summed E-state index contributed by atoms with van der Waals surface area (Å²) in [7, 11) is -1.62. The Balaban J connectivity index is 1.35. The van der Waals surface area contributed by atoms with Gasteiger partial charge in [0, 0.05) is 19.7 Å². The van der Waals surface area contributed by atoms with Crippen LogP contribution in [0.3, 0.4) is 0 Å². The number of carbonyl (C=O) groups excluding carboxylic acids is 1. The Morgan fingerprint density at radius 1 is 1.02 bits per heavy atom. The number of anilines is 1. The number of ether oxygens (including phenoxy) is 1. The number of methoxy groups -OCH3 is 1. The number of nitrogens with zero attached hydrogens (tertiary/aromatic N) is 3. The number of aromatic nitrogens is 3. The van der Waals surface area contributed by atoms with E-state index in [0.29, 0.717) is 23.2 Å². The Labute approximate surface area is 264 Å². The van der Waals surface area contributed by atoms with Crippen molar-refractivity contribution in [2.45, 2.75) is 17.4 Å². The minimum Gasteiger partial charge on any atom is -0.495 e. The second kappa shape index (κ2) is 12.8. The summed E-state index contributed by atoms with van der Waals surface area (Å²) in [6.45, 7) is 0. The van der Waals surface area contributed by atoms with E-state index in [1.165, 1.54) is 85.7 Å². The van der Waals surface area contributed by atoms with Crippen LogP contribution >= 0.6 is 0 Å². The number of carbonyl (C=O) groups is 2. The van der Waals surface area contributed by atoms with E-state index in [2.05, 4.69) is 10.3 Å². The van der Waals surface area contributed by atoms with Gasteiger partial charge in [0.2, 0.25) is 0 Å². The van der Waals surface area contributed by atoms with Gasteiger partial charge in [0.25, 0.3) is 21.5 Å². The molecule has 0 saturated heterocycles. The van der Waals surface area contributed by atoms with E-state index in [1.807, 2.05) is 4.72 Å². The number of amides is 1. The van der Waals surface area contributed by atoms with Crippen molar-refractivity contribution in [1.82, 2.24) is 19.4 Å². The van der Waals surface area contributed by atoms with Crippen LogP contribution < -0.4 is 26.0 Å². The van der Waals surface area contributed by atoms with E-state index in [4.69, 9.17) is 4.74 Å². The zero-order valence-electron chi connectivity index (χ0n) is 24.6. The molecule has 0 saturated carbocycles. The zero-order valence-corrected chi connectivity index (χ0v) is 25.4. The minimum atomic E-state index is -4.35. The highest BCUT2D eigenvalue weighted by Crippen LogP contribution is 2.27. The molecule has 242 valence electrons. The number of pyridine rings is 1. The lowest BCUT2D eigenvalue weighted by molar-refractivity contribution is -0.139. The minimum absolute atomic E-state index is 0.0177. The molecular weight excluding hydrogens is 640 g/mol. The summed E-state index contributed by atoms with van der Waals surface area (Å²) in [4.78, 5) is 54.5. The molecule has 0 radical (unpaired) electrons. The van der Waals surface area contributed by atoms with Gasteiger partial charge in [0.05, 0.1) is 35.6 Å². The molecule has 2 aromatic heterocycles. The zero-order chi connectivity index (χ0) is 34.0. The fourth-order valence-corrected chi connectivity index (χ4v) is 6.08. The van der Waals surface area contributed by atoms with Crippen LogP contribution in [0, 0.1) is 11.6 Å². The van der Waals surface area contributed by atoms with Crippen LogP contribution in [0.4, 0.5) is 14.5 Å². The van der Waals surface area contributed by atoms with Crippen LogP contribution in [-0.4, -0.2) is 52.7 Å². The van der Waals surface area contributed by atoms with Crippen molar-refractivity contribution in [3.63, 3.8) is 0 Å². The number of rotatable bonds is 10. The number of para-hydroxylation sites is 1. The average molecular weight is 666 g/mol. The molecule has 0 bridgehead atoms. The first-order chi connectivity index (χ1) is 22.3. The molecule has 1 atom stereocenters. The van der Waals surface area contributed by atoms with Crippen molar-refractivity contribution in [1.29, 1.82) is 0 Å². The number of hydrogen-bond donors (Lipinski definition) is 3. The lowest BCUT2D eigenvalue weighted by atomic mass is 10.0. The van der Waals surface area contributed by atoms with E-state index in [-0.39, 0.29) is 28.1 Å². The second-order valence-corrected chi connectivity index (χ2v) is 11.8. The number of halogens is 2. The summed E-state index contributed by atoms with van der Waals surface area (Å²) in [5, 5.41) is 12.1. The van der Waals surface area contributed by atoms with E-state index in [9.17, 15) is 41.5 Å². The van der Waals surface area contributed by atoms with Gasteiger partial charge >= 0.3 is 11.7 Å². The van der Waals surface area contributed by atoms with Gasteiger partial charge in [-0.1, -0.05) is 24.3 Å². The van der Waals surface area contributed by atoms with E-state index < -0.39 is 62.1 Å². The predicted molar refractivity (Wildman–Crippen MR) is 165 cm³/mol. The first kappa shape index (κ1) is 32.5. The monoisotopic (exact) mass is 665 g/mol. The molecule has 16 heteroatoms. The standard InChI is InChI=1S/C31H25F2N5O8S/c1-37-24-16-34-12-11-20(24)29(40)38(31(37)43)19-9-7-17(8-10-19)13-23(30(41)42)35-28(39)27-21(32)14-18(15-22(27)33)36-47(44,45)26-6-4-3-5-25(26)46-2/h3-12,14-16,23,36H,13H2,1-2H3,(H,35,39)(H,41,42)/t23-/m0/s1. The van der Waals surface area contributed by atoms with Crippen molar-refractivity contribution >= 4 is 38.5 Å². The Bertz CT molecular complexity index is 2250. The highest BCUT2D eigenvalue weighted by atomic mass is 32.2. The van der Waals surface area contributed by atoms with E-state index in [0.717, 1.165) is 4.57 Å². The van der Waals surface area contributed by atoms with Crippen molar-refractivity contribution in [2.75, 3.05) is 11.8 Å².